The molecular formula is C9H16N2. The molecular weight excluding hydrogens is 136 g/mol. The first-order valence-electron chi connectivity index (χ1n) is 4.31. The lowest BCUT2D eigenvalue weighted by Gasteiger charge is -2.14. The lowest BCUT2D eigenvalue weighted by atomic mass is 9.92. The van der Waals surface area contributed by atoms with E-state index in [1.165, 1.54) is 6.42 Å². The molecule has 0 amide bonds. The zero-order valence-electron chi connectivity index (χ0n) is 7.81. The fourth-order valence-electron chi connectivity index (χ4n) is 2.18. The minimum Gasteiger partial charge on any atom is -0.187 e. The standard InChI is InChI=1S/C9H16N2/c1-7(2)5-9(7)6-8(3,4)10-11-9/h5-6H2,1-4H3. The predicted octanol–water partition coefficient (Wildman–Crippen LogP) is 2.79. The first kappa shape index (κ1) is 7.26. The fraction of sp³-hybridized carbons (Fsp3) is 1.00. The summed E-state index contributed by atoms with van der Waals surface area (Å²) in [6.45, 7) is 8.90. The zero-order valence-corrected chi connectivity index (χ0v) is 7.81. The maximum absolute atomic E-state index is 4.41. The summed E-state index contributed by atoms with van der Waals surface area (Å²) in [5, 5.41) is 8.71. The van der Waals surface area contributed by atoms with Crippen molar-refractivity contribution in [1.82, 2.24) is 0 Å². The van der Waals surface area contributed by atoms with E-state index in [0.29, 0.717) is 5.41 Å². The van der Waals surface area contributed by atoms with E-state index in [4.69, 9.17) is 0 Å². The van der Waals surface area contributed by atoms with E-state index in [1.54, 1.807) is 0 Å². The van der Waals surface area contributed by atoms with Gasteiger partial charge in [0.15, 0.2) is 0 Å². The van der Waals surface area contributed by atoms with Crippen LogP contribution >= 0.6 is 0 Å². The Morgan fingerprint density at radius 3 is 1.64 bits per heavy atom. The second kappa shape index (κ2) is 1.52. The smallest absolute Gasteiger partial charge is 0.0897 e. The molecule has 1 aliphatic heterocycles. The van der Waals surface area contributed by atoms with Crippen LogP contribution in [0, 0.1) is 5.41 Å². The molecule has 0 aromatic heterocycles. The molecule has 2 nitrogen and oxygen atoms in total. The van der Waals surface area contributed by atoms with Crippen LogP contribution in [0.25, 0.3) is 0 Å². The van der Waals surface area contributed by atoms with Gasteiger partial charge in [0.2, 0.25) is 0 Å². The molecule has 0 saturated heterocycles. The Hall–Kier alpha value is -0.400. The largest absolute Gasteiger partial charge is 0.187 e. The van der Waals surface area contributed by atoms with E-state index in [1.807, 2.05) is 0 Å². The lowest BCUT2D eigenvalue weighted by Crippen LogP contribution is -2.20. The van der Waals surface area contributed by atoms with E-state index in [9.17, 15) is 0 Å². The Morgan fingerprint density at radius 1 is 0.909 bits per heavy atom. The third-order valence-corrected chi connectivity index (χ3v) is 3.11. The lowest BCUT2D eigenvalue weighted by molar-refractivity contribution is 0.432. The van der Waals surface area contributed by atoms with Crippen LogP contribution in [-0.4, -0.2) is 11.1 Å². The summed E-state index contributed by atoms with van der Waals surface area (Å²) in [5.74, 6) is 0. The van der Waals surface area contributed by atoms with Gasteiger partial charge in [-0.05, 0) is 25.7 Å². The minimum absolute atomic E-state index is 0.105. The van der Waals surface area contributed by atoms with E-state index < -0.39 is 0 Å². The molecule has 2 heteroatoms. The van der Waals surface area contributed by atoms with Crippen LogP contribution in [0.5, 0.6) is 0 Å². The molecule has 1 fully saturated rings. The summed E-state index contributed by atoms with van der Waals surface area (Å²) in [6, 6.07) is 0. The van der Waals surface area contributed by atoms with Gasteiger partial charge in [-0.25, -0.2) is 0 Å². The molecule has 62 valence electrons. The molecule has 2 rings (SSSR count). The van der Waals surface area contributed by atoms with Crippen molar-refractivity contribution in [2.75, 3.05) is 0 Å². The van der Waals surface area contributed by atoms with Gasteiger partial charge < -0.3 is 0 Å². The molecule has 0 N–H and O–H groups in total. The number of azo groups is 1. The number of rotatable bonds is 0. The van der Waals surface area contributed by atoms with Crippen LogP contribution in [0.15, 0.2) is 10.2 Å². The van der Waals surface area contributed by atoms with Gasteiger partial charge in [-0.1, -0.05) is 13.8 Å². The maximum Gasteiger partial charge on any atom is 0.0897 e. The summed E-state index contributed by atoms with van der Waals surface area (Å²) in [6.07, 6.45) is 2.37. The van der Waals surface area contributed by atoms with Crippen molar-refractivity contribution < 1.29 is 0 Å². The highest BCUT2D eigenvalue weighted by molar-refractivity contribution is 5.21. The maximum atomic E-state index is 4.41. The monoisotopic (exact) mass is 152 g/mol. The second-order valence-corrected chi connectivity index (χ2v) is 5.28. The van der Waals surface area contributed by atoms with E-state index >= 15 is 0 Å². The van der Waals surface area contributed by atoms with Crippen LogP contribution < -0.4 is 0 Å². The fourth-order valence-corrected chi connectivity index (χ4v) is 2.18. The molecule has 1 heterocycles. The highest BCUT2D eigenvalue weighted by Gasteiger charge is 2.65. The number of hydrogen-bond donors (Lipinski definition) is 0. The van der Waals surface area contributed by atoms with Crippen molar-refractivity contribution >= 4 is 0 Å². The third-order valence-electron chi connectivity index (χ3n) is 3.11. The predicted molar refractivity (Wildman–Crippen MR) is 44.7 cm³/mol. The van der Waals surface area contributed by atoms with E-state index in [-0.39, 0.29) is 11.1 Å². The molecule has 11 heavy (non-hydrogen) atoms. The van der Waals surface area contributed by atoms with Gasteiger partial charge in [-0.3, -0.25) is 0 Å². The molecule has 1 unspecified atom stereocenters. The molecule has 1 saturated carbocycles. The van der Waals surface area contributed by atoms with Crippen LogP contribution in [-0.2, 0) is 0 Å². The average molecular weight is 152 g/mol. The molecule has 0 aromatic carbocycles. The van der Waals surface area contributed by atoms with Crippen LogP contribution in [0.4, 0.5) is 0 Å². The topological polar surface area (TPSA) is 24.7 Å². The SMILES string of the molecule is CC1(C)CC2(CC2(C)C)N=N1. The van der Waals surface area contributed by atoms with Gasteiger partial charge in [-0.15, -0.1) is 0 Å². The van der Waals surface area contributed by atoms with Gasteiger partial charge in [0, 0.05) is 6.42 Å². The Kier molecular flexibility index (Phi) is 1.00. The van der Waals surface area contributed by atoms with Gasteiger partial charge >= 0.3 is 0 Å². The average Bonchev–Trinajstić information content (AvgIpc) is 2.09. The van der Waals surface area contributed by atoms with E-state index in [2.05, 4.69) is 37.9 Å². The Balaban J connectivity index is 2.21. The molecule has 0 bridgehead atoms. The quantitative estimate of drug-likeness (QED) is 0.510. The van der Waals surface area contributed by atoms with Gasteiger partial charge in [0.05, 0.1) is 11.1 Å². The first-order valence-corrected chi connectivity index (χ1v) is 4.31. The summed E-state index contributed by atoms with van der Waals surface area (Å²) in [7, 11) is 0. The molecule has 0 aromatic rings. The van der Waals surface area contributed by atoms with Crippen molar-refractivity contribution in [2.24, 2.45) is 15.6 Å². The van der Waals surface area contributed by atoms with Crippen LogP contribution in [0.3, 0.4) is 0 Å². The van der Waals surface area contributed by atoms with Gasteiger partial charge in [0.25, 0.3) is 0 Å². The van der Waals surface area contributed by atoms with Gasteiger partial charge in [0.1, 0.15) is 0 Å². The number of hydrogen-bond acceptors (Lipinski definition) is 2. The van der Waals surface area contributed by atoms with Crippen LogP contribution in [0.2, 0.25) is 0 Å². The van der Waals surface area contributed by atoms with Crippen molar-refractivity contribution in [2.45, 2.75) is 51.6 Å². The Labute approximate surface area is 68.1 Å². The van der Waals surface area contributed by atoms with Crippen molar-refractivity contribution in [1.29, 1.82) is 0 Å². The molecule has 1 spiro atoms. The zero-order chi connectivity index (χ0) is 8.33. The molecule has 1 aliphatic carbocycles. The molecule has 1 atom stereocenters. The van der Waals surface area contributed by atoms with Crippen molar-refractivity contribution in [3.05, 3.63) is 0 Å². The number of nitrogens with zero attached hydrogens (tertiary/aromatic N) is 2. The summed E-state index contributed by atoms with van der Waals surface area (Å²) in [5.41, 5.74) is 0.758. The normalized spacial score (nSPS) is 43.3. The molecule has 0 radical (unpaired) electrons. The summed E-state index contributed by atoms with van der Waals surface area (Å²) in [4.78, 5) is 0. The highest BCUT2D eigenvalue weighted by Crippen LogP contribution is 2.64. The van der Waals surface area contributed by atoms with E-state index in [0.717, 1.165) is 6.42 Å². The second-order valence-electron chi connectivity index (χ2n) is 5.28. The Morgan fingerprint density at radius 2 is 1.45 bits per heavy atom. The summed E-state index contributed by atoms with van der Waals surface area (Å²) >= 11 is 0. The van der Waals surface area contributed by atoms with Crippen molar-refractivity contribution in [3.63, 3.8) is 0 Å². The van der Waals surface area contributed by atoms with Crippen molar-refractivity contribution in [3.8, 4) is 0 Å². The summed E-state index contributed by atoms with van der Waals surface area (Å²) < 4.78 is 0. The minimum atomic E-state index is 0.105. The first-order chi connectivity index (χ1) is 4.87. The third kappa shape index (κ3) is 0.846. The van der Waals surface area contributed by atoms with Gasteiger partial charge in [-0.2, -0.15) is 10.2 Å². The Bertz CT molecular complexity index is 228. The van der Waals surface area contributed by atoms with Crippen LogP contribution in [0.1, 0.15) is 40.5 Å². The highest BCUT2D eigenvalue weighted by atomic mass is 15.3. The molecule has 2 aliphatic rings.